The second-order valence-electron chi connectivity index (χ2n) is 4.98. The van der Waals surface area contributed by atoms with Gasteiger partial charge in [-0.2, -0.15) is 0 Å². The number of pyridine rings is 1. The molecule has 2 heterocycles. The van der Waals surface area contributed by atoms with Gasteiger partial charge in [0.25, 0.3) is 5.91 Å². The lowest BCUT2D eigenvalue weighted by atomic mass is 10.0. The summed E-state index contributed by atoms with van der Waals surface area (Å²) in [6.45, 7) is 2.70. The van der Waals surface area contributed by atoms with Crippen LogP contribution in [0.5, 0.6) is 0 Å². The smallest absolute Gasteiger partial charge is 0.261 e. The molecule has 2 aromatic rings. The van der Waals surface area contributed by atoms with E-state index >= 15 is 0 Å². The molecule has 0 spiro atoms. The van der Waals surface area contributed by atoms with Crippen LogP contribution in [0.2, 0.25) is 0 Å². The molecule has 0 unspecified atom stereocenters. The summed E-state index contributed by atoms with van der Waals surface area (Å²) in [5.74, 6) is 0.448. The molecular weight excluding hydrogens is 284 g/mol. The fraction of sp³-hybridized carbons (Fsp3) is 0.400. The minimum atomic E-state index is -0.162. The summed E-state index contributed by atoms with van der Waals surface area (Å²) in [5, 5.41) is 6.70. The molecule has 0 aliphatic heterocycles. The summed E-state index contributed by atoms with van der Waals surface area (Å²) in [7, 11) is 0. The van der Waals surface area contributed by atoms with Crippen molar-refractivity contribution in [2.45, 2.75) is 32.6 Å². The van der Waals surface area contributed by atoms with E-state index in [1.807, 2.05) is 6.92 Å². The lowest BCUT2D eigenvalue weighted by Gasteiger charge is -2.08. The molecule has 1 aliphatic rings. The van der Waals surface area contributed by atoms with Crippen LogP contribution in [0.3, 0.4) is 0 Å². The lowest BCUT2D eigenvalue weighted by molar-refractivity contribution is 0.102. The molecule has 2 N–H and O–H groups in total. The number of aryl methyl sites for hydroxylation is 2. The number of anilines is 2. The first kappa shape index (κ1) is 14.0. The molecule has 1 aliphatic carbocycles. The quantitative estimate of drug-likeness (QED) is 0.910. The second-order valence-corrected chi connectivity index (χ2v) is 6.06. The number of nitrogens with zero attached hydrogens (tertiary/aromatic N) is 2. The average Bonchev–Trinajstić information content (AvgIpc) is 2.90. The van der Waals surface area contributed by atoms with Gasteiger partial charge in [0, 0.05) is 17.6 Å². The molecule has 3 rings (SSSR count). The number of hydrogen-bond donors (Lipinski definition) is 2. The van der Waals surface area contributed by atoms with Crippen molar-refractivity contribution in [3.05, 3.63) is 34.5 Å². The van der Waals surface area contributed by atoms with Gasteiger partial charge in [0.05, 0.1) is 11.3 Å². The summed E-state index contributed by atoms with van der Waals surface area (Å²) in [4.78, 5) is 22.5. The van der Waals surface area contributed by atoms with E-state index in [1.165, 1.54) is 17.7 Å². The number of rotatable bonds is 4. The van der Waals surface area contributed by atoms with Gasteiger partial charge in [-0.3, -0.25) is 10.1 Å². The Bertz CT molecular complexity index is 629. The molecule has 0 saturated heterocycles. The van der Waals surface area contributed by atoms with Crippen LogP contribution in [0.1, 0.15) is 40.7 Å². The first-order valence-electron chi connectivity index (χ1n) is 7.26. The van der Waals surface area contributed by atoms with Gasteiger partial charge in [-0.15, -0.1) is 11.3 Å². The van der Waals surface area contributed by atoms with Crippen LogP contribution in [0, 0.1) is 0 Å². The molecule has 1 amide bonds. The number of amides is 1. The number of carbonyl (C=O) groups excluding carboxylic acids is 1. The molecule has 6 heteroatoms. The summed E-state index contributed by atoms with van der Waals surface area (Å²) in [5.41, 5.74) is 1.70. The van der Waals surface area contributed by atoms with E-state index in [4.69, 9.17) is 0 Å². The summed E-state index contributed by atoms with van der Waals surface area (Å²) in [6.07, 6.45) is 6.19. The van der Waals surface area contributed by atoms with Crippen LogP contribution in [-0.4, -0.2) is 22.4 Å². The molecule has 0 saturated carbocycles. The number of carbonyl (C=O) groups is 1. The highest BCUT2D eigenvalue weighted by Crippen LogP contribution is 2.30. The normalized spacial score (nSPS) is 13.6. The van der Waals surface area contributed by atoms with Gasteiger partial charge in [0.2, 0.25) is 0 Å². The monoisotopic (exact) mass is 302 g/mol. The topological polar surface area (TPSA) is 66.9 Å². The SMILES string of the molecule is CCNc1ncccc1C(=O)Nc1nc2c(s1)CCCC2. The van der Waals surface area contributed by atoms with E-state index in [0.717, 1.165) is 25.1 Å². The van der Waals surface area contributed by atoms with Gasteiger partial charge < -0.3 is 5.32 Å². The van der Waals surface area contributed by atoms with E-state index < -0.39 is 0 Å². The second kappa shape index (κ2) is 6.22. The highest BCUT2D eigenvalue weighted by atomic mass is 32.1. The number of thiazole rings is 1. The highest BCUT2D eigenvalue weighted by Gasteiger charge is 2.18. The fourth-order valence-electron chi connectivity index (χ4n) is 2.47. The summed E-state index contributed by atoms with van der Waals surface area (Å²) < 4.78 is 0. The first-order chi connectivity index (χ1) is 10.3. The maximum absolute atomic E-state index is 12.4. The zero-order valence-corrected chi connectivity index (χ0v) is 12.8. The van der Waals surface area contributed by atoms with Crippen LogP contribution in [0.15, 0.2) is 18.3 Å². The third-order valence-corrected chi connectivity index (χ3v) is 4.54. The van der Waals surface area contributed by atoms with E-state index in [2.05, 4.69) is 20.6 Å². The van der Waals surface area contributed by atoms with Crippen molar-refractivity contribution >= 4 is 28.2 Å². The molecule has 110 valence electrons. The maximum Gasteiger partial charge on any atom is 0.261 e. The molecule has 0 bridgehead atoms. The number of aromatic nitrogens is 2. The Kier molecular flexibility index (Phi) is 4.15. The fourth-order valence-corrected chi connectivity index (χ4v) is 3.51. The molecule has 0 fully saturated rings. The van der Waals surface area contributed by atoms with E-state index in [-0.39, 0.29) is 5.91 Å². The predicted molar refractivity (Wildman–Crippen MR) is 85.1 cm³/mol. The summed E-state index contributed by atoms with van der Waals surface area (Å²) >= 11 is 1.59. The molecule has 0 radical (unpaired) electrons. The van der Waals surface area contributed by atoms with Gasteiger partial charge in [-0.25, -0.2) is 9.97 Å². The van der Waals surface area contributed by atoms with E-state index in [1.54, 1.807) is 29.7 Å². The Morgan fingerprint density at radius 1 is 1.38 bits per heavy atom. The van der Waals surface area contributed by atoms with Gasteiger partial charge in [-0.05, 0) is 44.7 Å². The van der Waals surface area contributed by atoms with Crippen LogP contribution in [0.4, 0.5) is 10.9 Å². The largest absolute Gasteiger partial charge is 0.370 e. The number of fused-ring (bicyclic) bond motifs is 1. The standard InChI is InChI=1S/C15H18N4OS/c1-2-16-13-10(6-5-9-17-13)14(20)19-15-18-11-7-3-4-8-12(11)21-15/h5-6,9H,2-4,7-8H2,1H3,(H,16,17)(H,18,19,20). The van der Waals surface area contributed by atoms with E-state index in [9.17, 15) is 4.79 Å². The van der Waals surface area contributed by atoms with Gasteiger partial charge >= 0.3 is 0 Å². The molecular formula is C15H18N4OS. The van der Waals surface area contributed by atoms with Crippen LogP contribution in [0.25, 0.3) is 0 Å². The van der Waals surface area contributed by atoms with Crippen molar-refractivity contribution in [1.82, 2.24) is 9.97 Å². The number of hydrogen-bond acceptors (Lipinski definition) is 5. The molecule has 21 heavy (non-hydrogen) atoms. The molecule has 0 aromatic carbocycles. The third-order valence-electron chi connectivity index (χ3n) is 3.46. The van der Waals surface area contributed by atoms with Crippen molar-refractivity contribution in [1.29, 1.82) is 0 Å². The zero-order valence-electron chi connectivity index (χ0n) is 12.0. The molecule has 5 nitrogen and oxygen atoms in total. The van der Waals surface area contributed by atoms with Crippen LogP contribution >= 0.6 is 11.3 Å². The number of nitrogens with one attached hydrogen (secondary N) is 2. The Morgan fingerprint density at radius 2 is 2.24 bits per heavy atom. The van der Waals surface area contributed by atoms with Gasteiger partial charge in [-0.1, -0.05) is 0 Å². The van der Waals surface area contributed by atoms with Crippen molar-refractivity contribution in [2.24, 2.45) is 0 Å². The van der Waals surface area contributed by atoms with E-state index in [0.29, 0.717) is 16.5 Å². The van der Waals surface area contributed by atoms with Crippen molar-refractivity contribution < 1.29 is 4.79 Å². The van der Waals surface area contributed by atoms with Crippen molar-refractivity contribution in [2.75, 3.05) is 17.2 Å². The van der Waals surface area contributed by atoms with Gasteiger partial charge in [0.1, 0.15) is 5.82 Å². The van der Waals surface area contributed by atoms with Gasteiger partial charge in [0.15, 0.2) is 5.13 Å². The minimum absolute atomic E-state index is 0.162. The zero-order chi connectivity index (χ0) is 14.7. The maximum atomic E-state index is 12.4. The predicted octanol–water partition coefficient (Wildman–Crippen LogP) is 3.10. The molecule has 2 aromatic heterocycles. The van der Waals surface area contributed by atoms with Crippen LogP contribution in [-0.2, 0) is 12.8 Å². The van der Waals surface area contributed by atoms with Crippen molar-refractivity contribution in [3.8, 4) is 0 Å². The Balaban J connectivity index is 1.78. The Morgan fingerprint density at radius 3 is 3.05 bits per heavy atom. The Labute approximate surface area is 127 Å². The molecule has 0 atom stereocenters. The average molecular weight is 302 g/mol. The Hall–Kier alpha value is -1.95. The lowest BCUT2D eigenvalue weighted by Crippen LogP contribution is -2.15. The van der Waals surface area contributed by atoms with Crippen LogP contribution < -0.4 is 10.6 Å². The third kappa shape index (κ3) is 3.05. The van der Waals surface area contributed by atoms with Crippen molar-refractivity contribution in [3.63, 3.8) is 0 Å². The minimum Gasteiger partial charge on any atom is -0.370 e. The highest BCUT2D eigenvalue weighted by molar-refractivity contribution is 7.15. The first-order valence-corrected chi connectivity index (χ1v) is 8.08. The summed E-state index contributed by atoms with van der Waals surface area (Å²) in [6, 6.07) is 3.54.